The predicted octanol–water partition coefficient (Wildman–Crippen LogP) is -0.0151. The van der Waals surface area contributed by atoms with Crippen molar-refractivity contribution in [3.63, 3.8) is 0 Å². The molecule has 1 aliphatic heterocycles. The van der Waals surface area contributed by atoms with E-state index in [1.165, 1.54) is 6.26 Å². The van der Waals surface area contributed by atoms with Crippen LogP contribution in [0.15, 0.2) is 0 Å². The summed E-state index contributed by atoms with van der Waals surface area (Å²) in [5.74, 6) is 0. The third kappa shape index (κ3) is 3.64. The highest BCUT2D eigenvalue weighted by Crippen LogP contribution is 2.42. The van der Waals surface area contributed by atoms with Gasteiger partial charge in [-0.3, -0.25) is 0 Å². The fourth-order valence-electron chi connectivity index (χ4n) is 2.88. The Labute approximate surface area is 105 Å². The van der Waals surface area contributed by atoms with Gasteiger partial charge >= 0.3 is 0 Å². The summed E-state index contributed by atoms with van der Waals surface area (Å²) in [6.45, 7) is 8.75. The van der Waals surface area contributed by atoms with E-state index in [9.17, 15) is 8.42 Å². The van der Waals surface area contributed by atoms with Gasteiger partial charge in [-0.15, -0.1) is 0 Å². The van der Waals surface area contributed by atoms with E-state index in [0.29, 0.717) is 26.2 Å². The number of rotatable bonds is 5. The zero-order valence-electron chi connectivity index (χ0n) is 11.3. The Morgan fingerprint density at radius 2 is 1.94 bits per heavy atom. The Bertz CT molecular complexity index is 367. The average Bonchev–Trinajstić information content (AvgIpc) is 2.36. The maximum atomic E-state index is 11.8. The predicted molar refractivity (Wildman–Crippen MR) is 70.3 cm³/mol. The molecule has 102 valence electrons. The van der Waals surface area contributed by atoms with Crippen LogP contribution in [0.2, 0.25) is 0 Å². The van der Waals surface area contributed by atoms with E-state index in [2.05, 4.69) is 19.2 Å². The molecular formula is C11H25N3O2S. The summed E-state index contributed by atoms with van der Waals surface area (Å²) in [5.41, 5.74) is 5.12. The molecule has 0 radical (unpaired) electrons. The van der Waals surface area contributed by atoms with Crippen LogP contribution in [0.4, 0.5) is 0 Å². The first-order valence-electron chi connectivity index (χ1n) is 5.99. The SMILES string of the molecule is CC1(C)CN(S(C)(=O)=O)[C@](C)(CNCCN)C1. The van der Waals surface area contributed by atoms with Gasteiger partial charge in [0.2, 0.25) is 10.0 Å². The van der Waals surface area contributed by atoms with Gasteiger partial charge in [0.1, 0.15) is 0 Å². The molecule has 0 aromatic heterocycles. The van der Waals surface area contributed by atoms with Crippen molar-refractivity contribution in [3.8, 4) is 0 Å². The van der Waals surface area contributed by atoms with Crippen LogP contribution in [0, 0.1) is 5.41 Å². The number of hydrogen-bond donors (Lipinski definition) is 2. The van der Waals surface area contributed by atoms with Gasteiger partial charge in [0.15, 0.2) is 0 Å². The molecule has 1 aliphatic rings. The summed E-state index contributed by atoms with van der Waals surface area (Å²) in [6, 6.07) is 0. The second-order valence-corrected chi connectivity index (χ2v) is 7.98. The molecule has 6 heteroatoms. The van der Waals surface area contributed by atoms with Crippen molar-refractivity contribution in [1.29, 1.82) is 0 Å². The lowest BCUT2D eigenvalue weighted by atomic mass is 9.85. The van der Waals surface area contributed by atoms with Crippen molar-refractivity contribution in [2.75, 3.05) is 32.4 Å². The Balaban J connectivity index is 2.86. The van der Waals surface area contributed by atoms with E-state index in [1.807, 2.05) is 6.92 Å². The van der Waals surface area contributed by atoms with Gasteiger partial charge in [-0.2, -0.15) is 4.31 Å². The zero-order chi connectivity index (χ0) is 13.3. The molecule has 0 aromatic carbocycles. The average molecular weight is 263 g/mol. The molecule has 0 bridgehead atoms. The highest BCUT2D eigenvalue weighted by Gasteiger charge is 2.49. The van der Waals surface area contributed by atoms with Crippen LogP contribution in [0.3, 0.4) is 0 Å². The van der Waals surface area contributed by atoms with Gasteiger partial charge < -0.3 is 11.1 Å². The van der Waals surface area contributed by atoms with Gasteiger partial charge in [-0.1, -0.05) is 13.8 Å². The van der Waals surface area contributed by atoms with Crippen molar-refractivity contribution in [3.05, 3.63) is 0 Å². The van der Waals surface area contributed by atoms with Crippen LogP contribution < -0.4 is 11.1 Å². The molecule has 0 aliphatic carbocycles. The summed E-state index contributed by atoms with van der Waals surface area (Å²) in [7, 11) is -3.16. The molecule has 0 unspecified atom stereocenters. The first-order valence-corrected chi connectivity index (χ1v) is 7.84. The lowest BCUT2D eigenvalue weighted by molar-refractivity contribution is 0.256. The van der Waals surface area contributed by atoms with Gasteiger partial charge in [-0.25, -0.2) is 8.42 Å². The minimum absolute atomic E-state index is 0.0300. The van der Waals surface area contributed by atoms with Crippen molar-refractivity contribution in [2.24, 2.45) is 11.1 Å². The third-order valence-electron chi connectivity index (χ3n) is 3.26. The first kappa shape index (κ1) is 14.9. The van der Waals surface area contributed by atoms with Crippen LogP contribution in [0.25, 0.3) is 0 Å². The van der Waals surface area contributed by atoms with E-state index < -0.39 is 10.0 Å². The normalized spacial score (nSPS) is 29.7. The molecule has 1 rings (SSSR count). The molecular weight excluding hydrogens is 238 g/mol. The van der Waals surface area contributed by atoms with E-state index in [0.717, 1.165) is 6.42 Å². The van der Waals surface area contributed by atoms with Crippen LogP contribution in [-0.4, -0.2) is 50.7 Å². The van der Waals surface area contributed by atoms with E-state index in [-0.39, 0.29) is 11.0 Å². The van der Waals surface area contributed by atoms with Crippen LogP contribution in [-0.2, 0) is 10.0 Å². The number of nitrogens with one attached hydrogen (secondary N) is 1. The first-order chi connectivity index (χ1) is 7.61. The topological polar surface area (TPSA) is 75.4 Å². The van der Waals surface area contributed by atoms with Crippen molar-refractivity contribution < 1.29 is 8.42 Å². The minimum atomic E-state index is -3.16. The number of nitrogens with two attached hydrogens (primary N) is 1. The molecule has 1 saturated heterocycles. The van der Waals surface area contributed by atoms with Gasteiger partial charge in [0.05, 0.1) is 6.26 Å². The second kappa shape index (κ2) is 4.84. The molecule has 5 nitrogen and oxygen atoms in total. The number of sulfonamides is 1. The quantitative estimate of drug-likeness (QED) is 0.684. The van der Waals surface area contributed by atoms with Crippen molar-refractivity contribution in [2.45, 2.75) is 32.7 Å². The fraction of sp³-hybridized carbons (Fsp3) is 1.00. The molecule has 17 heavy (non-hydrogen) atoms. The summed E-state index contributed by atoms with van der Waals surface area (Å²) in [4.78, 5) is 0. The minimum Gasteiger partial charge on any atom is -0.329 e. The molecule has 0 saturated carbocycles. The number of hydrogen-bond acceptors (Lipinski definition) is 4. The largest absolute Gasteiger partial charge is 0.329 e. The second-order valence-electron chi connectivity index (χ2n) is 6.07. The monoisotopic (exact) mass is 263 g/mol. The maximum Gasteiger partial charge on any atom is 0.211 e. The summed E-state index contributed by atoms with van der Waals surface area (Å²) in [5, 5.41) is 3.23. The number of nitrogens with zero attached hydrogens (tertiary/aromatic N) is 1. The highest BCUT2D eigenvalue weighted by atomic mass is 32.2. The van der Waals surface area contributed by atoms with E-state index >= 15 is 0 Å². The molecule has 0 amide bonds. The van der Waals surface area contributed by atoms with E-state index in [4.69, 9.17) is 5.73 Å². The highest BCUT2D eigenvalue weighted by molar-refractivity contribution is 7.88. The lowest BCUT2D eigenvalue weighted by Crippen LogP contribution is -2.51. The molecule has 0 aromatic rings. The van der Waals surface area contributed by atoms with Gasteiger partial charge in [-0.05, 0) is 18.8 Å². The van der Waals surface area contributed by atoms with E-state index in [1.54, 1.807) is 4.31 Å². The van der Waals surface area contributed by atoms with Crippen LogP contribution in [0.5, 0.6) is 0 Å². The fourth-order valence-corrected chi connectivity index (χ4v) is 4.40. The van der Waals surface area contributed by atoms with Crippen molar-refractivity contribution >= 4 is 10.0 Å². The van der Waals surface area contributed by atoms with Gasteiger partial charge in [0, 0.05) is 31.7 Å². The van der Waals surface area contributed by atoms with Crippen molar-refractivity contribution in [1.82, 2.24) is 9.62 Å². The summed E-state index contributed by atoms with van der Waals surface area (Å²) >= 11 is 0. The smallest absolute Gasteiger partial charge is 0.211 e. The van der Waals surface area contributed by atoms with Crippen LogP contribution in [0.1, 0.15) is 27.2 Å². The Morgan fingerprint density at radius 3 is 2.41 bits per heavy atom. The Morgan fingerprint density at radius 1 is 1.35 bits per heavy atom. The Kier molecular flexibility index (Phi) is 4.24. The maximum absolute atomic E-state index is 11.8. The summed E-state index contributed by atoms with van der Waals surface area (Å²) < 4.78 is 25.3. The molecule has 0 spiro atoms. The third-order valence-corrected chi connectivity index (χ3v) is 4.63. The molecule has 3 N–H and O–H groups in total. The lowest BCUT2D eigenvalue weighted by Gasteiger charge is -2.33. The standard InChI is InChI=1S/C11H25N3O2S/c1-10(2)7-11(3,8-13-6-5-12)14(9-10)17(4,15)16/h13H,5-9,12H2,1-4H3/t11-/m0/s1. The molecule has 1 fully saturated rings. The molecule has 1 heterocycles. The Hall–Kier alpha value is -0.170. The van der Waals surface area contributed by atoms with Crippen LogP contribution >= 0.6 is 0 Å². The zero-order valence-corrected chi connectivity index (χ0v) is 12.1. The molecule has 1 atom stereocenters. The van der Waals surface area contributed by atoms with Gasteiger partial charge in [0.25, 0.3) is 0 Å². The summed E-state index contributed by atoms with van der Waals surface area (Å²) in [6.07, 6.45) is 2.15.